The average Bonchev–Trinajstić information content (AvgIpc) is 2.62. The lowest BCUT2D eigenvalue weighted by Crippen LogP contribution is -3.00. The molecule has 3 aliphatic rings. The lowest BCUT2D eigenvalue weighted by molar-refractivity contribution is -0.942. The summed E-state index contributed by atoms with van der Waals surface area (Å²) in [6.45, 7) is 4.23. The van der Waals surface area contributed by atoms with Crippen LogP contribution < -0.4 is 24.0 Å². The smallest absolute Gasteiger partial charge is 0.302 e. The van der Waals surface area contributed by atoms with Crippen LogP contribution in [0.1, 0.15) is 51.9 Å². The summed E-state index contributed by atoms with van der Waals surface area (Å²) in [5.74, 6) is 1.20. The van der Waals surface area contributed by atoms with Gasteiger partial charge in [0.2, 0.25) is 0 Å². The summed E-state index contributed by atoms with van der Waals surface area (Å²) in [5.41, 5.74) is 0. The molecule has 0 aromatic carbocycles. The van der Waals surface area contributed by atoms with Gasteiger partial charge in [-0.1, -0.05) is 0 Å². The standard InChI is InChI=1S/C16H28NO2.HI/c1-12(18)19-16-13-6-8-14(16)15(9-7-13)17(2)10-4-3-5-11-17;/h13-16H,3-11H2,1-2H3;1H/q+1;/p-1/t13?,14?,15?,16-;/m0./s1. The number of ether oxygens (including phenoxy) is 1. The van der Waals surface area contributed by atoms with Gasteiger partial charge in [0.15, 0.2) is 0 Å². The fourth-order valence-corrected chi connectivity index (χ4v) is 5.12. The van der Waals surface area contributed by atoms with Gasteiger partial charge in [0.1, 0.15) is 6.10 Å². The summed E-state index contributed by atoms with van der Waals surface area (Å²) >= 11 is 0. The van der Waals surface area contributed by atoms with Gasteiger partial charge in [-0.25, -0.2) is 0 Å². The monoisotopic (exact) mass is 393 g/mol. The molecule has 2 aliphatic carbocycles. The van der Waals surface area contributed by atoms with Crippen LogP contribution in [0.15, 0.2) is 0 Å². The van der Waals surface area contributed by atoms with Gasteiger partial charge in [0, 0.05) is 19.3 Å². The van der Waals surface area contributed by atoms with Crippen molar-refractivity contribution in [3.8, 4) is 0 Å². The van der Waals surface area contributed by atoms with Gasteiger partial charge in [-0.15, -0.1) is 0 Å². The van der Waals surface area contributed by atoms with E-state index in [1.165, 1.54) is 62.5 Å². The second-order valence-electron chi connectivity index (χ2n) is 7.21. The first-order valence-corrected chi connectivity index (χ1v) is 8.11. The normalized spacial score (nSPS) is 38.9. The predicted octanol–water partition coefficient (Wildman–Crippen LogP) is -0.259. The van der Waals surface area contributed by atoms with Crippen LogP contribution in [0.4, 0.5) is 0 Å². The molecule has 2 bridgehead atoms. The molecule has 4 atom stereocenters. The fourth-order valence-electron chi connectivity index (χ4n) is 5.12. The Morgan fingerprint density at radius 2 is 1.70 bits per heavy atom. The van der Waals surface area contributed by atoms with E-state index in [-0.39, 0.29) is 36.0 Å². The van der Waals surface area contributed by atoms with Crippen LogP contribution in [0.3, 0.4) is 0 Å². The molecule has 3 fully saturated rings. The van der Waals surface area contributed by atoms with Gasteiger partial charge in [-0.2, -0.15) is 0 Å². The second kappa shape index (κ2) is 6.51. The number of hydrogen-bond donors (Lipinski definition) is 0. The summed E-state index contributed by atoms with van der Waals surface area (Å²) < 4.78 is 6.94. The molecule has 116 valence electrons. The maximum Gasteiger partial charge on any atom is 0.302 e. The Morgan fingerprint density at radius 1 is 1.05 bits per heavy atom. The van der Waals surface area contributed by atoms with Crippen LogP contribution in [-0.2, 0) is 9.53 Å². The summed E-state index contributed by atoms with van der Waals surface area (Å²) in [7, 11) is 2.45. The van der Waals surface area contributed by atoms with Crippen molar-refractivity contribution in [3.63, 3.8) is 0 Å². The zero-order valence-corrected chi connectivity index (χ0v) is 15.0. The van der Waals surface area contributed by atoms with Crippen LogP contribution in [-0.4, -0.2) is 42.7 Å². The Bertz CT molecular complexity index is 354. The highest BCUT2D eigenvalue weighted by molar-refractivity contribution is 5.66. The number of rotatable bonds is 2. The maximum absolute atomic E-state index is 11.4. The lowest BCUT2D eigenvalue weighted by Gasteiger charge is -2.49. The molecular formula is C16H28INO2. The Balaban J connectivity index is 0.00000147. The highest BCUT2D eigenvalue weighted by atomic mass is 127. The van der Waals surface area contributed by atoms with E-state index in [2.05, 4.69) is 7.05 Å². The number of esters is 1. The zero-order chi connectivity index (χ0) is 13.5. The molecule has 3 unspecified atom stereocenters. The predicted molar refractivity (Wildman–Crippen MR) is 74.6 cm³/mol. The van der Waals surface area contributed by atoms with Gasteiger partial charge >= 0.3 is 5.97 Å². The molecule has 0 aromatic rings. The Labute approximate surface area is 140 Å². The first-order chi connectivity index (χ1) is 9.10. The molecule has 0 amide bonds. The van der Waals surface area contributed by atoms with Crippen molar-refractivity contribution in [2.75, 3.05) is 20.1 Å². The first kappa shape index (κ1) is 16.5. The number of fused-ring (bicyclic) bond motifs is 2. The second-order valence-corrected chi connectivity index (χ2v) is 7.21. The molecule has 3 nitrogen and oxygen atoms in total. The number of piperidine rings is 1. The summed E-state index contributed by atoms with van der Waals surface area (Å²) in [6.07, 6.45) is 9.56. The van der Waals surface area contributed by atoms with Crippen LogP contribution in [0.2, 0.25) is 0 Å². The topological polar surface area (TPSA) is 26.3 Å². The molecule has 20 heavy (non-hydrogen) atoms. The third kappa shape index (κ3) is 3.01. The molecule has 0 radical (unpaired) electrons. The largest absolute Gasteiger partial charge is 1.00 e. The molecule has 1 aliphatic heterocycles. The first-order valence-electron chi connectivity index (χ1n) is 8.11. The van der Waals surface area contributed by atoms with E-state index in [1.807, 2.05) is 0 Å². The van der Waals surface area contributed by atoms with Crippen molar-refractivity contribution in [2.24, 2.45) is 11.8 Å². The molecule has 4 heteroatoms. The van der Waals surface area contributed by atoms with E-state index in [1.54, 1.807) is 6.92 Å². The van der Waals surface area contributed by atoms with E-state index in [0.717, 1.165) is 6.04 Å². The maximum atomic E-state index is 11.4. The van der Waals surface area contributed by atoms with E-state index >= 15 is 0 Å². The minimum atomic E-state index is -0.0798. The molecule has 1 heterocycles. The van der Waals surface area contributed by atoms with Crippen molar-refractivity contribution in [1.82, 2.24) is 0 Å². The van der Waals surface area contributed by atoms with Gasteiger partial charge in [0.05, 0.1) is 26.2 Å². The van der Waals surface area contributed by atoms with E-state index in [0.29, 0.717) is 11.8 Å². The van der Waals surface area contributed by atoms with Crippen molar-refractivity contribution >= 4 is 5.97 Å². The van der Waals surface area contributed by atoms with Crippen LogP contribution in [0.25, 0.3) is 0 Å². The third-order valence-electron chi connectivity index (χ3n) is 6.03. The highest BCUT2D eigenvalue weighted by Gasteiger charge is 2.52. The van der Waals surface area contributed by atoms with Gasteiger partial charge in [-0.05, 0) is 44.4 Å². The van der Waals surface area contributed by atoms with Crippen molar-refractivity contribution in [1.29, 1.82) is 0 Å². The molecule has 0 spiro atoms. The van der Waals surface area contributed by atoms with E-state index in [4.69, 9.17) is 4.74 Å². The molecular weight excluding hydrogens is 365 g/mol. The van der Waals surface area contributed by atoms with Gasteiger partial charge in [-0.3, -0.25) is 4.79 Å². The Kier molecular flexibility index (Phi) is 5.38. The highest BCUT2D eigenvalue weighted by Crippen LogP contribution is 2.47. The number of nitrogens with zero attached hydrogens (tertiary/aromatic N) is 1. The van der Waals surface area contributed by atoms with Crippen LogP contribution >= 0.6 is 0 Å². The van der Waals surface area contributed by atoms with Crippen molar-refractivity contribution in [2.45, 2.75) is 64.0 Å². The van der Waals surface area contributed by atoms with Crippen molar-refractivity contribution in [3.05, 3.63) is 0 Å². The summed E-state index contributed by atoms with van der Waals surface area (Å²) in [6, 6.07) is 0.739. The average molecular weight is 393 g/mol. The molecule has 0 N–H and O–H groups in total. The number of halogens is 1. The number of carbonyl (C=O) groups is 1. The number of likely N-dealkylation sites (tertiary alicyclic amines) is 1. The summed E-state index contributed by atoms with van der Waals surface area (Å²) in [4.78, 5) is 11.4. The van der Waals surface area contributed by atoms with E-state index < -0.39 is 0 Å². The molecule has 3 rings (SSSR count). The van der Waals surface area contributed by atoms with Crippen LogP contribution in [0.5, 0.6) is 0 Å². The quantitative estimate of drug-likeness (QED) is 0.367. The third-order valence-corrected chi connectivity index (χ3v) is 6.03. The molecule has 2 saturated carbocycles. The zero-order valence-electron chi connectivity index (χ0n) is 12.8. The number of carbonyl (C=O) groups excluding carboxylic acids is 1. The number of hydrogen-bond acceptors (Lipinski definition) is 2. The van der Waals surface area contributed by atoms with Crippen molar-refractivity contribution < 1.29 is 38.0 Å². The molecule has 1 saturated heterocycles. The molecule has 0 aromatic heterocycles. The number of quaternary nitrogens is 1. The van der Waals surface area contributed by atoms with Gasteiger partial charge < -0.3 is 33.2 Å². The lowest BCUT2D eigenvalue weighted by atomic mass is 9.79. The fraction of sp³-hybridized carbons (Fsp3) is 0.938. The summed E-state index contributed by atoms with van der Waals surface area (Å²) in [5, 5.41) is 0. The minimum Gasteiger partial charge on any atom is -1.00 e. The Morgan fingerprint density at radius 3 is 2.35 bits per heavy atom. The minimum absolute atomic E-state index is 0. The van der Waals surface area contributed by atoms with E-state index in [9.17, 15) is 4.79 Å². The van der Waals surface area contributed by atoms with Crippen LogP contribution in [0, 0.1) is 11.8 Å². The Hall–Kier alpha value is 0.160. The van der Waals surface area contributed by atoms with Gasteiger partial charge in [0.25, 0.3) is 0 Å². The SMILES string of the molecule is CC(=O)O[C@H]1C2CCC1C([N+]1(C)CCCCC1)CC2.[I-].